The van der Waals surface area contributed by atoms with Gasteiger partial charge in [0.1, 0.15) is 17.2 Å². The van der Waals surface area contributed by atoms with Crippen molar-refractivity contribution in [3.63, 3.8) is 0 Å². The predicted octanol–water partition coefficient (Wildman–Crippen LogP) is 4.56. The number of benzene rings is 1. The molecule has 1 aromatic heterocycles. The number of fused-ring (bicyclic) bond motifs is 1. The first-order chi connectivity index (χ1) is 12.6. The Hall–Kier alpha value is -1.98. The van der Waals surface area contributed by atoms with Crippen molar-refractivity contribution in [2.75, 3.05) is 24.5 Å². The van der Waals surface area contributed by atoms with Gasteiger partial charge in [-0.15, -0.1) is 0 Å². The van der Waals surface area contributed by atoms with Crippen LogP contribution in [0.25, 0.3) is 11.1 Å². The van der Waals surface area contributed by atoms with Gasteiger partial charge >= 0.3 is 6.09 Å². The first kappa shape index (κ1) is 19.8. The van der Waals surface area contributed by atoms with Gasteiger partial charge < -0.3 is 19.0 Å². The van der Waals surface area contributed by atoms with E-state index < -0.39 is 5.60 Å². The zero-order valence-corrected chi connectivity index (χ0v) is 17.9. The van der Waals surface area contributed by atoms with Crippen LogP contribution in [-0.2, 0) is 4.74 Å². The molecule has 1 aliphatic rings. The number of halogens is 2. The minimum absolute atomic E-state index is 0.0102. The molecule has 0 radical (unpaired) electrons. The molecule has 0 saturated carbocycles. The van der Waals surface area contributed by atoms with Crippen LogP contribution < -0.4 is 4.90 Å². The Labute approximate surface area is 170 Å². The third-order valence-corrected chi connectivity index (χ3v) is 5.25. The molecule has 7 nitrogen and oxygen atoms in total. The molecule has 27 heavy (non-hydrogen) atoms. The molecule has 1 unspecified atom stereocenters. The highest BCUT2D eigenvalue weighted by Gasteiger charge is 2.32. The summed E-state index contributed by atoms with van der Waals surface area (Å²) in [4.78, 5) is 20.5. The Morgan fingerprint density at radius 3 is 2.78 bits per heavy atom. The lowest BCUT2D eigenvalue weighted by atomic mass is 10.2. The molecule has 2 aromatic rings. The molecule has 1 aliphatic heterocycles. The highest BCUT2D eigenvalue weighted by Crippen LogP contribution is 2.36. The number of rotatable bonds is 1. The van der Waals surface area contributed by atoms with Gasteiger partial charge in [-0.3, -0.25) is 0 Å². The smallest absolute Gasteiger partial charge is 0.410 e. The van der Waals surface area contributed by atoms with Gasteiger partial charge in [-0.25, -0.2) is 4.79 Å². The summed E-state index contributed by atoms with van der Waals surface area (Å²) in [6, 6.07) is 4.10. The lowest BCUT2D eigenvalue weighted by Crippen LogP contribution is -2.54. The number of carbonyl (C=O) groups excluding carboxylic acids is 1. The zero-order chi connectivity index (χ0) is 19.9. The van der Waals surface area contributed by atoms with Gasteiger partial charge in [-0.2, -0.15) is 10.2 Å². The molecule has 0 aliphatic carbocycles. The number of aromatic nitrogens is 1. The molecule has 1 atom stereocenters. The summed E-state index contributed by atoms with van der Waals surface area (Å²) < 4.78 is 11.8. The fourth-order valence-electron chi connectivity index (χ4n) is 2.95. The molecule has 3 rings (SSSR count). The number of hydrogen-bond donors (Lipinski definition) is 0. The minimum Gasteiger partial charge on any atom is -0.444 e. The molecule has 144 valence electrons. The van der Waals surface area contributed by atoms with Gasteiger partial charge in [0.2, 0.25) is 0 Å². The highest BCUT2D eigenvalue weighted by molar-refractivity contribution is 9.10. The van der Waals surface area contributed by atoms with Gasteiger partial charge in [-0.05, 0) is 49.7 Å². The topological polar surface area (TPSA) is 82.6 Å². The van der Waals surface area contributed by atoms with Crippen LogP contribution in [0.4, 0.5) is 10.8 Å². The van der Waals surface area contributed by atoms with Gasteiger partial charge in [0.05, 0.1) is 15.1 Å². The quantitative estimate of drug-likeness (QED) is 0.627. The summed E-state index contributed by atoms with van der Waals surface area (Å²) in [6.07, 6.45) is -0.320. The second-order valence-electron chi connectivity index (χ2n) is 7.47. The number of anilines is 1. The Bertz CT molecular complexity index is 931. The number of nitrogens with zero attached hydrogens (tertiary/aromatic N) is 4. The monoisotopic (exact) mass is 454 g/mol. The average molecular weight is 456 g/mol. The van der Waals surface area contributed by atoms with Gasteiger partial charge in [0.15, 0.2) is 5.58 Å². The Morgan fingerprint density at radius 1 is 1.48 bits per heavy atom. The van der Waals surface area contributed by atoms with E-state index >= 15 is 0 Å². The van der Waals surface area contributed by atoms with Gasteiger partial charge in [0, 0.05) is 25.7 Å². The Kier molecular flexibility index (Phi) is 5.28. The predicted molar refractivity (Wildman–Crippen MR) is 106 cm³/mol. The van der Waals surface area contributed by atoms with Crippen molar-refractivity contribution in [2.24, 2.45) is 0 Å². The molecular formula is C18H20BrClN4O3. The Morgan fingerprint density at radius 2 is 2.19 bits per heavy atom. The van der Waals surface area contributed by atoms with E-state index in [0.29, 0.717) is 51.8 Å². The lowest BCUT2D eigenvalue weighted by Gasteiger charge is -2.39. The maximum absolute atomic E-state index is 12.3. The first-order valence-electron chi connectivity index (χ1n) is 8.54. The summed E-state index contributed by atoms with van der Waals surface area (Å²) in [6.45, 7) is 9.10. The van der Waals surface area contributed by atoms with Crippen LogP contribution in [0.1, 0.15) is 33.3 Å². The summed E-state index contributed by atoms with van der Waals surface area (Å²) in [5, 5.41) is 9.55. The van der Waals surface area contributed by atoms with Crippen LogP contribution in [-0.4, -0.2) is 47.3 Å². The van der Waals surface area contributed by atoms with Crippen molar-refractivity contribution >= 4 is 50.7 Å². The molecule has 1 saturated heterocycles. The van der Waals surface area contributed by atoms with E-state index in [0.717, 1.165) is 0 Å². The SMILES string of the molecule is CC1CN(C(=O)OC(C)(C)C)CCN1c1nc2cc(Cl)c(C#N)c(Br)c2o1. The van der Waals surface area contributed by atoms with E-state index in [1.54, 1.807) is 11.0 Å². The molecule has 2 heterocycles. The van der Waals surface area contributed by atoms with Crippen molar-refractivity contribution in [3.05, 3.63) is 21.1 Å². The fourth-order valence-corrected chi connectivity index (χ4v) is 3.89. The molecule has 1 aromatic carbocycles. The standard InChI is InChI=1S/C18H20BrClN4O3/c1-10-9-23(17(25)27-18(2,3)4)5-6-24(10)16-22-13-7-12(20)11(8-21)14(19)15(13)26-16/h7,10H,5-6,9H2,1-4H3. The molecule has 1 fully saturated rings. The van der Waals surface area contributed by atoms with Crippen molar-refractivity contribution < 1.29 is 13.9 Å². The first-order valence-corrected chi connectivity index (χ1v) is 9.71. The van der Waals surface area contributed by atoms with E-state index in [1.165, 1.54) is 0 Å². The lowest BCUT2D eigenvalue weighted by molar-refractivity contribution is 0.0216. The molecule has 0 N–H and O–H groups in total. The van der Waals surface area contributed by atoms with Crippen LogP contribution in [0.2, 0.25) is 5.02 Å². The number of ether oxygens (including phenoxy) is 1. The molecule has 1 amide bonds. The van der Waals surface area contributed by atoms with E-state index in [9.17, 15) is 10.1 Å². The summed E-state index contributed by atoms with van der Waals surface area (Å²) in [5.74, 6) is 0. The van der Waals surface area contributed by atoms with Crippen LogP contribution in [0.3, 0.4) is 0 Å². The van der Waals surface area contributed by atoms with E-state index in [1.807, 2.05) is 32.6 Å². The third-order valence-electron chi connectivity index (χ3n) is 4.20. The van der Waals surface area contributed by atoms with Crippen molar-refractivity contribution in [1.29, 1.82) is 5.26 Å². The molecule has 0 bridgehead atoms. The minimum atomic E-state index is -0.526. The highest BCUT2D eigenvalue weighted by atomic mass is 79.9. The number of nitriles is 1. The number of piperazine rings is 1. The van der Waals surface area contributed by atoms with Gasteiger partial charge in [-0.1, -0.05) is 11.6 Å². The Balaban J connectivity index is 1.81. The number of hydrogen-bond acceptors (Lipinski definition) is 6. The number of amides is 1. The zero-order valence-electron chi connectivity index (χ0n) is 15.5. The molecule has 0 spiro atoms. The fraction of sp³-hybridized carbons (Fsp3) is 0.500. The second-order valence-corrected chi connectivity index (χ2v) is 8.67. The van der Waals surface area contributed by atoms with E-state index in [-0.39, 0.29) is 12.1 Å². The maximum atomic E-state index is 12.3. The largest absolute Gasteiger partial charge is 0.444 e. The average Bonchev–Trinajstić information content (AvgIpc) is 2.97. The van der Waals surface area contributed by atoms with E-state index in [4.69, 9.17) is 20.8 Å². The summed E-state index contributed by atoms with van der Waals surface area (Å²) in [7, 11) is 0. The third kappa shape index (κ3) is 3.99. The summed E-state index contributed by atoms with van der Waals surface area (Å²) >= 11 is 9.51. The van der Waals surface area contributed by atoms with Crippen LogP contribution in [0.5, 0.6) is 0 Å². The molecular weight excluding hydrogens is 436 g/mol. The maximum Gasteiger partial charge on any atom is 0.410 e. The van der Waals surface area contributed by atoms with Crippen molar-refractivity contribution in [1.82, 2.24) is 9.88 Å². The van der Waals surface area contributed by atoms with Gasteiger partial charge in [0.25, 0.3) is 6.01 Å². The van der Waals surface area contributed by atoms with Crippen LogP contribution >= 0.6 is 27.5 Å². The molecule has 9 heteroatoms. The van der Waals surface area contributed by atoms with E-state index in [2.05, 4.69) is 27.0 Å². The number of oxazole rings is 1. The number of carbonyl (C=O) groups is 1. The van der Waals surface area contributed by atoms with Crippen molar-refractivity contribution in [2.45, 2.75) is 39.3 Å². The second kappa shape index (κ2) is 7.21. The summed E-state index contributed by atoms with van der Waals surface area (Å²) in [5.41, 5.74) is 0.840. The normalized spacial score (nSPS) is 17.9. The van der Waals surface area contributed by atoms with Crippen LogP contribution in [0, 0.1) is 11.3 Å². The van der Waals surface area contributed by atoms with Crippen LogP contribution in [0.15, 0.2) is 15.0 Å². The van der Waals surface area contributed by atoms with Crippen molar-refractivity contribution in [3.8, 4) is 6.07 Å².